The van der Waals surface area contributed by atoms with Crippen molar-refractivity contribution in [2.45, 2.75) is 78.4 Å². The Hall–Kier alpha value is -2.70. The molecule has 37 heavy (non-hydrogen) atoms. The van der Waals surface area contributed by atoms with Gasteiger partial charge in [0, 0.05) is 22.9 Å². The van der Waals surface area contributed by atoms with Gasteiger partial charge in [-0.25, -0.2) is 14.8 Å². The summed E-state index contributed by atoms with van der Waals surface area (Å²) < 4.78 is 14.3. The first kappa shape index (κ1) is 27.3. The SMILES string of the molecule is CCCCOc1ncc(I)cc1-c1nc2c(CC)n(C3CCN(C(=O)OC(C)(C)C)CC3)nc2c(=O)[nH]1. The van der Waals surface area contributed by atoms with Crippen LogP contribution in [0.2, 0.25) is 0 Å². The Kier molecular flexibility index (Phi) is 8.39. The number of aryl methyl sites for hydroxylation is 1. The Bertz CT molecular complexity index is 1320. The maximum absolute atomic E-state index is 13.2. The number of rotatable bonds is 7. The number of carbonyl (C=O) groups excluding carboxylic acids is 1. The highest BCUT2D eigenvalue weighted by atomic mass is 127. The number of fused-ring (bicyclic) bond motifs is 1. The molecule has 1 amide bonds. The van der Waals surface area contributed by atoms with Gasteiger partial charge in [0.2, 0.25) is 5.88 Å². The molecule has 4 heterocycles. The van der Waals surface area contributed by atoms with E-state index in [9.17, 15) is 9.59 Å². The van der Waals surface area contributed by atoms with Crippen molar-refractivity contribution in [3.05, 3.63) is 31.9 Å². The zero-order chi connectivity index (χ0) is 26.7. The summed E-state index contributed by atoms with van der Waals surface area (Å²) in [5, 5.41) is 4.70. The molecule has 0 radical (unpaired) electrons. The predicted molar refractivity (Wildman–Crippen MR) is 150 cm³/mol. The summed E-state index contributed by atoms with van der Waals surface area (Å²) in [6.45, 7) is 11.4. The van der Waals surface area contributed by atoms with Crippen molar-refractivity contribution in [3.63, 3.8) is 0 Å². The van der Waals surface area contributed by atoms with Gasteiger partial charge in [-0.05, 0) is 75.1 Å². The van der Waals surface area contributed by atoms with E-state index < -0.39 is 5.60 Å². The Labute approximate surface area is 230 Å². The molecule has 0 spiro atoms. The zero-order valence-corrected chi connectivity index (χ0v) is 24.3. The van der Waals surface area contributed by atoms with Gasteiger partial charge >= 0.3 is 6.09 Å². The highest BCUT2D eigenvalue weighted by Crippen LogP contribution is 2.30. The van der Waals surface area contributed by atoms with Crippen LogP contribution in [0, 0.1) is 3.57 Å². The Morgan fingerprint density at radius 3 is 2.59 bits per heavy atom. The van der Waals surface area contributed by atoms with Crippen LogP contribution in [0.5, 0.6) is 5.88 Å². The van der Waals surface area contributed by atoms with Gasteiger partial charge in [0.1, 0.15) is 16.9 Å². The van der Waals surface area contributed by atoms with Crippen molar-refractivity contribution in [2.75, 3.05) is 19.7 Å². The second-order valence-electron chi connectivity index (χ2n) is 10.3. The molecule has 1 N–H and O–H groups in total. The summed E-state index contributed by atoms with van der Waals surface area (Å²) in [6, 6.07) is 1.99. The lowest BCUT2D eigenvalue weighted by Crippen LogP contribution is -2.42. The van der Waals surface area contributed by atoms with Crippen LogP contribution in [0.15, 0.2) is 17.1 Å². The molecule has 0 aromatic carbocycles. The highest BCUT2D eigenvalue weighted by Gasteiger charge is 2.30. The third-order valence-electron chi connectivity index (χ3n) is 6.26. The summed E-state index contributed by atoms with van der Waals surface area (Å²) >= 11 is 2.19. The molecule has 4 rings (SSSR count). The zero-order valence-electron chi connectivity index (χ0n) is 22.1. The minimum atomic E-state index is -0.527. The van der Waals surface area contributed by atoms with Gasteiger partial charge in [-0.2, -0.15) is 5.10 Å². The lowest BCUT2D eigenvalue weighted by molar-refractivity contribution is 0.0184. The number of aromatic nitrogens is 5. The molecule has 1 saturated heterocycles. The largest absolute Gasteiger partial charge is 0.477 e. The van der Waals surface area contributed by atoms with E-state index >= 15 is 0 Å². The van der Waals surface area contributed by atoms with Gasteiger partial charge in [-0.3, -0.25) is 9.48 Å². The van der Waals surface area contributed by atoms with E-state index in [-0.39, 0.29) is 17.7 Å². The van der Waals surface area contributed by atoms with E-state index in [2.05, 4.69) is 39.5 Å². The first-order valence-corrected chi connectivity index (χ1v) is 14.0. The van der Waals surface area contributed by atoms with Crippen LogP contribution in [-0.2, 0) is 11.2 Å². The number of hydrogen-bond donors (Lipinski definition) is 1. The molecule has 0 atom stereocenters. The number of carbonyl (C=O) groups is 1. The van der Waals surface area contributed by atoms with E-state index in [1.165, 1.54) is 0 Å². The molecule has 3 aromatic rings. The number of hydrogen-bond acceptors (Lipinski definition) is 7. The average molecular weight is 623 g/mol. The summed E-state index contributed by atoms with van der Waals surface area (Å²) in [5.41, 5.74) is 1.66. The molecular weight excluding hydrogens is 587 g/mol. The van der Waals surface area contributed by atoms with Crippen LogP contribution in [0.3, 0.4) is 0 Å². The average Bonchev–Trinajstić information content (AvgIpc) is 3.23. The maximum atomic E-state index is 13.2. The quantitative estimate of drug-likeness (QED) is 0.288. The number of aromatic amines is 1. The summed E-state index contributed by atoms with van der Waals surface area (Å²) in [5.74, 6) is 0.875. The lowest BCUT2D eigenvalue weighted by Gasteiger charge is -2.34. The highest BCUT2D eigenvalue weighted by molar-refractivity contribution is 14.1. The molecule has 0 bridgehead atoms. The molecule has 1 aliphatic rings. The van der Waals surface area contributed by atoms with Crippen LogP contribution < -0.4 is 10.3 Å². The van der Waals surface area contributed by atoms with Crippen molar-refractivity contribution in [1.82, 2.24) is 29.6 Å². The molecule has 1 aliphatic heterocycles. The second-order valence-corrected chi connectivity index (χ2v) is 11.5. The van der Waals surface area contributed by atoms with E-state index in [4.69, 9.17) is 19.6 Å². The van der Waals surface area contributed by atoms with E-state index in [1.54, 1.807) is 11.1 Å². The van der Waals surface area contributed by atoms with E-state index in [0.29, 0.717) is 54.4 Å². The number of nitrogens with one attached hydrogen (secondary N) is 1. The van der Waals surface area contributed by atoms with Crippen molar-refractivity contribution in [1.29, 1.82) is 0 Å². The van der Waals surface area contributed by atoms with Crippen LogP contribution in [0.25, 0.3) is 22.4 Å². The molecule has 200 valence electrons. The molecule has 0 saturated carbocycles. The Balaban J connectivity index is 1.64. The first-order valence-electron chi connectivity index (χ1n) is 12.9. The number of ether oxygens (including phenoxy) is 2. The molecule has 0 aliphatic carbocycles. The number of likely N-dealkylation sites (tertiary alicyclic amines) is 1. The van der Waals surface area contributed by atoms with Gasteiger partial charge in [-0.15, -0.1) is 0 Å². The van der Waals surface area contributed by atoms with Gasteiger partial charge in [0.15, 0.2) is 5.52 Å². The number of nitrogens with zero attached hydrogens (tertiary/aromatic N) is 5. The monoisotopic (exact) mass is 622 g/mol. The summed E-state index contributed by atoms with van der Waals surface area (Å²) in [7, 11) is 0. The third-order valence-corrected chi connectivity index (χ3v) is 6.85. The Morgan fingerprint density at radius 1 is 1.22 bits per heavy atom. The molecular formula is C26H35IN6O4. The number of unbranched alkanes of at least 4 members (excludes halogenated alkanes) is 1. The number of pyridine rings is 1. The molecule has 10 nitrogen and oxygen atoms in total. The minimum Gasteiger partial charge on any atom is -0.477 e. The maximum Gasteiger partial charge on any atom is 0.410 e. The van der Waals surface area contributed by atoms with Crippen molar-refractivity contribution < 1.29 is 14.3 Å². The number of halogens is 1. The van der Waals surface area contributed by atoms with E-state index in [0.717, 1.165) is 34.9 Å². The smallest absolute Gasteiger partial charge is 0.410 e. The number of H-pyrrole nitrogens is 1. The predicted octanol–water partition coefficient (Wildman–Crippen LogP) is 5.10. The van der Waals surface area contributed by atoms with Gasteiger partial charge in [0.25, 0.3) is 5.56 Å². The van der Waals surface area contributed by atoms with Crippen LogP contribution >= 0.6 is 22.6 Å². The van der Waals surface area contributed by atoms with Crippen molar-refractivity contribution >= 4 is 39.7 Å². The fourth-order valence-electron chi connectivity index (χ4n) is 4.44. The van der Waals surface area contributed by atoms with Gasteiger partial charge in [0.05, 0.1) is 23.9 Å². The fourth-order valence-corrected chi connectivity index (χ4v) is 4.89. The van der Waals surface area contributed by atoms with E-state index in [1.807, 2.05) is 38.4 Å². The van der Waals surface area contributed by atoms with Gasteiger partial charge in [-0.1, -0.05) is 20.3 Å². The molecule has 1 fully saturated rings. The standard InChI is InChI=1S/C26H35IN6O4/c1-6-8-13-36-24-18(14-16(27)15-28-24)22-29-20-19(7-2)33(31-21(20)23(34)30-22)17-9-11-32(12-10-17)25(35)37-26(3,4)5/h14-15,17H,6-13H2,1-5H3,(H,29,30,34). The van der Waals surface area contributed by atoms with Crippen LogP contribution in [0.4, 0.5) is 4.79 Å². The topological polar surface area (TPSA) is 115 Å². The van der Waals surface area contributed by atoms with Crippen molar-refractivity contribution in [3.8, 4) is 17.3 Å². The first-order chi connectivity index (χ1) is 17.6. The minimum absolute atomic E-state index is 0.0676. The van der Waals surface area contributed by atoms with Crippen molar-refractivity contribution in [2.24, 2.45) is 0 Å². The second kappa shape index (κ2) is 11.4. The van der Waals surface area contributed by atoms with Crippen LogP contribution in [-0.4, -0.2) is 61.0 Å². The van der Waals surface area contributed by atoms with Crippen LogP contribution in [0.1, 0.15) is 72.0 Å². The normalized spacial score (nSPS) is 14.8. The third kappa shape index (κ3) is 6.24. The number of piperidine rings is 1. The lowest BCUT2D eigenvalue weighted by atomic mass is 10.1. The fraction of sp³-hybridized carbons (Fsp3) is 0.577. The molecule has 0 unspecified atom stereocenters. The Morgan fingerprint density at radius 2 is 1.95 bits per heavy atom. The summed E-state index contributed by atoms with van der Waals surface area (Å²) in [4.78, 5) is 39.6. The van der Waals surface area contributed by atoms with Gasteiger partial charge < -0.3 is 19.4 Å². The number of amides is 1. The summed E-state index contributed by atoms with van der Waals surface area (Å²) in [6.07, 6.45) is 5.48. The molecule has 11 heteroatoms. The molecule has 3 aromatic heterocycles.